The second-order valence-electron chi connectivity index (χ2n) is 7.22. The Morgan fingerprint density at radius 3 is 2.54 bits per heavy atom. The van der Waals surface area contributed by atoms with Gasteiger partial charge in [-0.05, 0) is 26.3 Å². The number of carbonyl (C=O) groups is 3. The van der Waals surface area contributed by atoms with E-state index in [4.69, 9.17) is 4.74 Å². The van der Waals surface area contributed by atoms with Crippen LogP contribution in [0.25, 0.3) is 0 Å². The first kappa shape index (κ1) is 19.6. The SMILES string of the molecule is CC(C)(C)OC(=O)N[C@H]1CNC(=O)C[C@H]1N(Cc1ccccc1)C(=O)O. The van der Waals surface area contributed by atoms with Crippen molar-refractivity contribution < 1.29 is 24.2 Å². The topological polar surface area (TPSA) is 108 Å². The predicted octanol–water partition coefficient (Wildman–Crippen LogP) is 1.95. The molecule has 1 aromatic rings. The number of rotatable bonds is 4. The van der Waals surface area contributed by atoms with E-state index in [1.807, 2.05) is 30.3 Å². The van der Waals surface area contributed by atoms with Crippen LogP contribution in [-0.2, 0) is 16.1 Å². The highest BCUT2D eigenvalue weighted by Gasteiger charge is 2.37. The fourth-order valence-electron chi connectivity index (χ4n) is 2.80. The molecule has 0 saturated carbocycles. The molecule has 0 spiro atoms. The van der Waals surface area contributed by atoms with Crippen LogP contribution in [0.2, 0.25) is 0 Å². The lowest BCUT2D eigenvalue weighted by Gasteiger charge is -2.38. The van der Waals surface area contributed by atoms with Gasteiger partial charge in [0.25, 0.3) is 0 Å². The molecule has 0 radical (unpaired) electrons. The first-order valence-corrected chi connectivity index (χ1v) is 8.45. The van der Waals surface area contributed by atoms with Crippen LogP contribution < -0.4 is 10.6 Å². The quantitative estimate of drug-likeness (QED) is 0.758. The first-order valence-electron chi connectivity index (χ1n) is 8.45. The average molecular weight is 363 g/mol. The van der Waals surface area contributed by atoms with Crippen molar-refractivity contribution in [1.29, 1.82) is 0 Å². The van der Waals surface area contributed by atoms with Crippen LogP contribution >= 0.6 is 0 Å². The van der Waals surface area contributed by atoms with Crippen LogP contribution in [0.1, 0.15) is 32.8 Å². The van der Waals surface area contributed by atoms with E-state index in [0.29, 0.717) is 0 Å². The molecule has 1 saturated heterocycles. The summed E-state index contributed by atoms with van der Waals surface area (Å²) in [5.41, 5.74) is 0.130. The van der Waals surface area contributed by atoms with Gasteiger partial charge in [-0.1, -0.05) is 30.3 Å². The zero-order valence-corrected chi connectivity index (χ0v) is 15.2. The number of amides is 3. The molecule has 3 amide bonds. The van der Waals surface area contributed by atoms with E-state index in [2.05, 4.69) is 10.6 Å². The normalized spacial score (nSPS) is 20.0. The summed E-state index contributed by atoms with van der Waals surface area (Å²) >= 11 is 0. The maximum Gasteiger partial charge on any atom is 0.408 e. The molecular formula is C18H25N3O5. The number of alkyl carbamates (subject to hydrolysis) is 1. The van der Waals surface area contributed by atoms with Gasteiger partial charge >= 0.3 is 12.2 Å². The molecule has 0 aromatic heterocycles. The standard InChI is InChI=1S/C18H25N3O5/c1-18(2,3)26-16(23)20-13-10-19-15(22)9-14(13)21(17(24)25)11-12-7-5-4-6-8-12/h4-8,13-14H,9-11H2,1-3H3,(H,19,22)(H,20,23)(H,24,25)/t13-,14+/m0/s1. The van der Waals surface area contributed by atoms with Crippen LogP contribution in [0, 0.1) is 0 Å². The third-order valence-corrected chi connectivity index (χ3v) is 3.92. The third-order valence-electron chi connectivity index (χ3n) is 3.92. The molecule has 2 atom stereocenters. The predicted molar refractivity (Wildman–Crippen MR) is 94.6 cm³/mol. The van der Waals surface area contributed by atoms with Gasteiger partial charge in [0.2, 0.25) is 5.91 Å². The van der Waals surface area contributed by atoms with E-state index in [1.165, 1.54) is 4.90 Å². The Morgan fingerprint density at radius 2 is 1.96 bits per heavy atom. The van der Waals surface area contributed by atoms with E-state index in [9.17, 15) is 19.5 Å². The minimum Gasteiger partial charge on any atom is -0.465 e. The Hall–Kier alpha value is -2.77. The van der Waals surface area contributed by atoms with Gasteiger partial charge in [-0.2, -0.15) is 0 Å². The summed E-state index contributed by atoms with van der Waals surface area (Å²) in [6.45, 7) is 5.49. The summed E-state index contributed by atoms with van der Waals surface area (Å²) in [7, 11) is 0. The van der Waals surface area contributed by atoms with Gasteiger partial charge in [0, 0.05) is 19.5 Å². The number of piperidine rings is 1. The average Bonchev–Trinajstić information content (AvgIpc) is 2.53. The summed E-state index contributed by atoms with van der Waals surface area (Å²) < 4.78 is 5.25. The molecule has 8 heteroatoms. The van der Waals surface area contributed by atoms with Gasteiger partial charge < -0.3 is 20.5 Å². The minimum absolute atomic E-state index is 0.0282. The summed E-state index contributed by atoms with van der Waals surface area (Å²) in [6.07, 6.45) is -1.82. The highest BCUT2D eigenvalue weighted by molar-refractivity contribution is 5.79. The molecule has 1 aliphatic heterocycles. The van der Waals surface area contributed by atoms with E-state index < -0.39 is 29.9 Å². The van der Waals surface area contributed by atoms with Crippen molar-refractivity contribution in [3.05, 3.63) is 35.9 Å². The van der Waals surface area contributed by atoms with Crippen molar-refractivity contribution in [2.45, 2.75) is 51.4 Å². The second kappa shape index (κ2) is 8.07. The monoisotopic (exact) mass is 363 g/mol. The van der Waals surface area contributed by atoms with Gasteiger partial charge in [0.05, 0.1) is 12.1 Å². The van der Waals surface area contributed by atoms with Gasteiger partial charge in [0.1, 0.15) is 5.60 Å². The van der Waals surface area contributed by atoms with E-state index >= 15 is 0 Å². The smallest absolute Gasteiger partial charge is 0.408 e. The summed E-state index contributed by atoms with van der Waals surface area (Å²) in [6, 6.07) is 7.84. The zero-order valence-electron chi connectivity index (χ0n) is 15.2. The number of hydrogen-bond acceptors (Lipinski definition) is 4. The second-order valence-corrected chi connectivity index (χ2v) is 7.22. The zero-order chi connectivity index (χ0) is 19.3. The van der Waals surface area contributed by atoms with Gasteiger partial charge in [-0.15, -0.1) is 0 Å². The van der Waals surface area contributed by atoms with Crippen molar-refractivity contribution >= 4 is 18.1 Å². The fraction of sp³-hybridized carbons (Fsp3) is 0.500. The highest BCUT2D eigenvalue weighted by Crippen LogP contribution is 2.18. The Kier molecular flexibility index (Phi) is 6.07. The van der Waals surface area contributed by atoms with Crippen LogP contribution in [-0.4, -0.2) is 52.3 Å². The molecule has 1 aromatic carbocycles. The Bertz CT molecular complexity index is 657. The Balaban J connectivity index is 2.17. The maximum atomic E-state index is 12.1. The number of benzene rings is 1. The maximum absolute atomic E-state index is 12.1. The molecule has 142 valence electrons. The van der Waals surface area contributed by atoms with Crippen LogP contribution in [0.4, 0.5) is 9.59 Å². The molecular weight excluding hydrogens is 338 g/mol. The first-order chi connectivity index (χ1) is 12.2. The molecule has 1 heterocycles. The lowest BCUT2D eigenvalue weighted by atomic mass is 9.98. The van der Waals surface area contributed by atoms with Crippen molar-refractivity contribution in [2.24, 2.45) is 0 Å². The van der Waals surface area contributed by atoms with Gasteiger partial charge in [0.15, 0.2) is 0 Å². The van der Waals surface area contributed by atoms with Gasteiger partial charge in [-0.25, -0.2) is 9.59 Å². The number of nitrogens with one attached hydrogen (secondary N) is 2. The number of carbonyl (C=O) groups excluding carboxylic acids is 2. The summed E-state index contributed by atoms with van der Waals surface area (Å²) in [5, 5.41) is 15.0. The minimum atomic E-state index is -1.15. The van der Waals surface area contributed by atoms with Gasteiger partial charge in [-0.3, -0.25) is 9.69 Å². The fourth-order valence-corrected chi connectivity index (χ4v) is 2.80. The third kappa shape index (κ3) is 5.65. The van der Waals surface area contributed by atoms with Crippen LogP contribution in [0.15, 0.2) is 30.3 Å². The van der Waals surface area contributed by atoms with E-state index in [-0.39, 0.29) is 25.4 Å². The molecule has 26 heavy (non-hydrogen) atoms. The van der Waals surface area contributed by atoms with Crippen LogP contribution in [0.5, 0.6) is 0 Å². The molecule has 0 unspecified atom stereocenters. The lowest BCUT2D eigenvalue weighted by molar-refractivity contribution is -0.124. The lowest BCUT2D eigenvalue weighted by Crippen LogP contribution is -2.62. The Morgan fingerprint density at radius 1 is 1.31 bits per heavy atom. The number of nitrogens with zero attached hydrogens (tertiary/aromatic N) is 1. The largest absolute Gasteiger partial charge is 0.465 e. The van der Waals surface area contributed by atoms with E-state index in [0.717, 1.165) is 5.56 Å². The molecule has 0 aliphatic carbocycles. The van der Waals surface area contributed by atoms with Crippen LogP contribution in [0.3, 0.4) is 0 Å². The number of hydrogen-bond donors (Lipinski definition) is 3. The van der Waals surface area contributed by atoms with Crippen molar-refractivity contribution in [3.63, 3.8) is 0 Å². The van der Waals surface area contributed by atoms with Crippen molar-refractivity contribution in [2.75, 3.05) is 6.54 Å². The number of carboxylic acid groups (broad SMARTS) is 1. The Labute approximate surface area is 152 Å². The molecule has 1 aliphatic rings. The van der Waals surface area contributed by atoms with Crippen molar-refractivity contribution in [1.82, 2.24) is 15.5 Å². The summed E-state index contributed by atoms with van der Waals surface area (Å²) in [5.74, 6) is -0.253. The summed E-state index contributed by atoms with van der Waals surface area (Å²) in [4.78, 5) is 36.9. The molecule has 3 N–H and O–H groups in total. The molecule has 2 rings (SSSR count). The molecule has 1 fully saturated rings. The van der Waals surface area contributed by atoms with E-state index in [1.54, 1.807) is 20.8 Å². The van der Waals surface area contributed by atoms with Crippen molar-refractivity contribution in [3.8, 4) is 0 Å². The molecule has 0 bridgehead atoms. The number of ether oxygens (including phenoxy) is 1. The molecule has 8 nitrogen and oxygen atoms in total. The highest BCUT2D eigenvalue weighted by atomic mass is 16.6.